The molecule has 4 aromatic rings. The van der Waals surface area contributed by atoms with Crippen LogP contribution >= 0.6 is 69.7 Å². The maximum absolute atomic E-state index is 2.31. The van der Waals surface area contributed by atoms with Gasteiger partial charge >= 0.3 is 0 Å². The van der Waals surface area contributed by atoms with Crippen molar-refractivity contribution in [1.82, 2.24) is 0 Å². The predicted octanol–water partition coefficient (Wildman–Crippen LogP) is 11.4. The van der Waals surface area contributed by atoms with E-state index in [0.717, 1.165) is 0 Å². The van der Waals surface area contributed by atoms with Gasteiger partial charge in [-0.05, 0) is 40.6 Å². The molecule has 0 saturated carbocycles. The lowest BCUT2D eigenvalue weighted by Crippen LogP contribution is -1.89. The summed E-state index contributed by atoms with van der Waals surface area (Å²) in [6.07, 6.45) is 0. The third-order valence-corrected chi connectivity index (χ3v) is 14.0. The van der Waals surface area contributed by atoms with Crippen molar-refractivity contribution in [2.75, 3.05) is 0 Å². The van der Waals surface area contributed by atoms with Crippen molar-refractivity contribution in [1.29, 1.82) is 0 Å². The fourth-order valence-corrected chi connectivity index (χ4v) is 11.8. The first-order valence-electron chi connectivity index (χ1n) is 11.4. The number of benzene rings is 2. The Hall–Kier alpha value is -1.54. The summed E-state index contributed by atoms with van der Waals surface area (Å²) in [6.45, 7) is 4.62. The molecule has 4 heterocycles. The van der Waals surface area contributed by atoms with E-state index in [1.54, 1.807) is 0 Å². The normalized spacial score (nSPS) is 18.4. The molecular weight excluding hydrogens is 541 g/mol. The molecule has 0 unspecified atom stereocenters. The van der Waals surface area contributed by atoms with E-state index in [1.165, 1.54) is 53.9 Å². The highest BCUT2D eigenvalue weighted by Crippen LogP contribution is 2.66. The quantitative estimate of drug-likeness (QED) is 0.237. The van der Waals surface area contributed by atoms with Gasteiger partial charge in [0.2, 0.25) is 0 Å². The SMILES string of the molecule is CC(C)C1=C(c2ccccc2)S/C(=C2/SC(c3ccccc3)=C(c3ccc(-c4cccs4)s3)S2)S1. The van der Waals surface area contributed by atoms with Crippen molar-refractivity contribution in [3.8, 4) is 9.75 Å². The van der Waals surface area contributed by atoms with Gasteiger partial charge in [-0.2, -0.15) is 0 Å². The molecule has 0 amide bonds. The molecule has 0 fully saturated rings. The van der Waals surface area contributed by atoms with E-state index in [-0.39, 0.29) is 0 Å². The molecule has 174 valence electrons. The van der Waals surface area contributed by atoms with E-state index in [2.05, 4.69) is 104 Å². The molecule has 0 radical (unpaired) electrons. The number of thiophene rings is 2. The number of rotatable bonds is 5. The summed E-state index contributed by atoms with van der Waals surface area (Å²) in [4.78, 5) is 9.71. The monoisotopic (exact) mass is 562 g/mol. The Balaban J connectivity index is 1.38. The van der Waals surface area contributed by atoms with Crippen molar-refractivity contribution in [2.45, 2.75) is 13.8 Å². The van der Waals surface area contributed by atoms with Crippen LogP contribution in [0.2, 0.25) is 0 Å². The van der Waals surface area contributed by atoms with Crippen LogP contribution < -0.4 is 0 Å². The van der Waals surface area contributed by atoms with Gasteiger partial charge < -0.3 is 0 Å². The van der Waals surface area contributed by atoms with E-state index in [1.807, 2.05) is 69.7 Å². The van der Waals surface area contributed by atoms with Gasteiger partial charge in [0.15, 0.2) is 0 Å². The first-order valence-corrected chi connectivity index (χ1v) is 16.3. The van der Waals surface area contributed by atoms with E-state index in [4.69, 9.17) is 0 Å². The van der Waals surface area contributed by atoms with E-state index < -0.39 is 0 Å². The lowest BCUT2D eigenvalue weighted by molar-refractivity contribution is 0.822. The summed E-state index contributed by atoms with van der Waals surface area (Å²) in [5.41, 5.74) is 2.63. The summed E-state index contributed by atoms with van der Waals surface area (Å²) in [6, 6.07) is 30.7. The highest BCUT2D eigenvalue weighted by atomic mass is 32.2. The summed E-state index contributed by atoms with van der Waals surface area (Å²) >= 11 is 11.5. The molecule has 2 aliphatic rings. The van der Waals surface area contributed by atoms with Gasteiger partial charge in [0.25, 0.3) is 0 Å². The average Bonchev–Trinajstić information content (AvgIpc) is 3.69. The lowest BCUT2D eigenvalue weighted by atomic mass is 10.1. The summed E-state index contributed by atoms with van der Waals surface area (Å²) in [7, 11) is 0. The maximum Gasteiger partial charge on any atom is 0.0707 e. The highest BCUT2D eigenvalue weighted by Gasteiger charge is 2.32. The highest BCUT2D eigenvalue weighted by molar-refractivity contribution is 8.38. The molecule has 0 nitrogen and oxygen atoms in total. The van der Waals surface area contributed by atoms with Gasteiger partial charge in [0, 0.05) is 34.3 Å². The number of hydrogen-bond donors (Lipinski definition) is 0. The van der Waals surface area contributed by atoms with Crippen molar-refractivity contribution >= 4 is 84.4 Å². The Bertz CT molecular complexity index is 1440. The van der Waals surface area contributed by atoms with E-state index in [0.29, 0.717) is 5.92 Å². The Morgan fingerprint density at radius 1 is 0.514 bits per heavy atom. The Labute approximate surface area is 232 Å². The Kier molecular flexibility index (Phi) is 7.11. The van der Waals surface area contributed by atoms with Crippen LogP contribution in [0, 0.1) is 5.92 Å². The molecule has 0 spiro atoms. The minimum Gasteiger partial charge on any atom is -0.143 e. The molecule has 0 saturated heterocycles. The second kappa shape index (κ2) is 10.4. The smallest absolute Gasteiger partial charge is 0.0707 e. The fourth-order valence-electron chi connectivity index (χ4n) is 3.90. The number of hydrogen-bond acceptors (Lipinski definition) is 6. The molecule has 0 N–H and O–H groups in total. The fraction of sp³-hybridized carbons (Fsp3) is 0.103. The molecule has 35 heavy (non-hydrogen) atoms. The third kappa shape index (κ3) is 4.89. The maximum atomic E-state index is 2.31. The first kappa shape index (κ1) is 23.8. The van der Waals surface area contributed by atoms with Crippen LogP contribution in [0.25, 0.3) is 24.5 Å². The van der Waals surface area contributed by atoms with Crippen molar-refractivity contribution in [2.24, 2.45) is 5.92 Å². The molecule has 2 aliphatic heterocycles. The van der Waals surface area contributed by atoms with Crippen LogP contribution in [-0.2, 0) is 0 Å². The minimum atomic E-state index is 0.504. The first-order chi connectivity index (χ1) is 17.2. The van der Waals surface area contributed by atoms with Crippen LogP contribution in [0.1, 0.15) is 29.9 Å². The van der Waals surface area contributed by atoms with Gasteiger partial charge in [-0.25, -0.2) is 0 Å². The predicted molar refractivity (Wildman–Crippen MR) is 166 cm³/mol. The van der Waals surface area contributed by atoms with Crippen LogP contribution in [0.4, 0.5) is 0 Å². The molecule has 0 aliphatic carbocycles. The second-order valence-corrected chi connectivity index (χ2v) is 15.0. The average molecular weight is 563 g/mol. The standard InChI is InChI=1S/C29H22S6/c1-18(2)24-25(19-10-5-3-6-11-19)33-28(32-24)29-34-26(20-12-7-4-8-13-20)27(35-29)23-16-15-22(31-23)21-14-9-17-30-21/h3-18H,1-2H3/b29-28-. The molecule has 6 heteroatoms. The van der Waals surface area contributed by atoms with Crippen LogP contribution in [-0.4, -0.2) is 0 Å². The zero-order valence-corrected chi connectivity index (χ0v) is 24.1. The minimum absolute atomic E-state index is 0.504. The Morgan fingerprint density at radius 3 is 1.77 bits per heavy atom. The van der Waals surface area contributed by atoms with Crippen LogP contribution in [0.3, 0.4) is 0 Å². The number of thioether (sulfide) groups is 4. The Morgan fingerprint density at radius 2 is 1.11 bits per heavy atom. The van der Waals surface area contributed by atoms with Gasteiger partial charge in [-0.15, -0.1) is 22.7 Å². The largest absolute Gasteiger partial charge is 0.143 e. The van der Waals surface area contributed by atoms with Crippen molar-refractivity contribution in [3.05, 3.63) is 120 Å². The third-order valence-electron chi connectivity index (χ3n) is 5.57. The molecule has 2 aromatic heterocycles. The summed E-state index contributed by atoms with van der Waals surface area (Å²) < 4.78 is 2.82. The molecule has 2 aromatic carbocycles. The zero-order valence-electron chi connectivity index (χ0n) is 19.2. The van der Waals surface area contributed by atoms with E-state index in [9.17, 15) is 0 Å². The second-order valence-electron chi connectivity index (χ2n) is 8.36. The molecular formula is C29H22S6. The summed E-state index contributed by atoms with van der Waals surface area (Å²) in [5.74, 6) is 0.504. The summed E-state index contributed by atoms with van der Waals surface area (Å²) in [5, 5.41) is 2.16. The zero-order chi connectivity index (χ0) is 23.8. The molecule has 6 rings (SSSR count). The van der Waals surface area contributed by atoms with Gasteiger partial charge in [-0.3, -0.25) is 0 Å². The van der Waals surface area contributed by atoms with Crippen molar-refractivity contribution < 1.29 is 0 Å². The topological polar surface area (TPSA) is 0 Å². The van der Waals surface area contributed by atoms with Crippen LogP contribution in [0.15, 0.2) is 104 Å². The van der Waals surface area contributed by atoms with Gasteiger partial charge in [0.05, 0.1) is 8.47 Å². The molecule has 0 atom stereocenters. The van der Waals surface area contributed by atoms with Gasteiger partial charge in [0.1, 0.15) is 0 Å². The lowest BCUT2D eigenvalue weighted by Gasteiger charge is -2.08. The number of allylic oxidation sites excluding steroid dienone is 1. The van der Waals surface area contributed by atoms with Crippen LogP contribution in [0.5, 0.6) is 0 Å². The van der Waals surface area contributed by atoms with Crippen molar-refractivity contribution in [3.63, 3.8) is 0 Å². The molecule has 0 bridgehead atoms. The van der Waals surface area contributed by atoms with E-state index >= 15 is 0 Å². The van der Waals surface area contributed by atoms with Gasteiger partial charge in [-0.1, -0.05) is 128 Å².